The first kappa shape index (κ1) is 29.6. The lowest BCUT2D eigenvalue weighted by molar-refractivity contribution is -0.147. The van der Waals surface area contributed by atoms with E-state index >= 15 is 0 Å². The Bertz CT molecular complexity index is 1340. The first-order valence-corrected chi connectivity index (χ1v) is 13.8. The number of hydrogen-bond acceptors (Lipinski definition) is 9. The number of rotatable bonds is 7. The van der Waals surface area contributed by atoms with Crippen LogP contribution in [0.3, 0.4) is 0 Å². The lowest BCUT2D eigenvalue weighted by atomic mass is 9.59. The fourth-order valence-corrected chi connectivity index (χ4v) is 6.51. The first-order valence-electron chi connectivity index (χ1n) is 13.8. The molecule has 1 unspecified atom stereocenters. The van der Waals surface area contributed by atoms with E-state index in [-0.39, 0.29) is 41.6 Å². The highest BCUT2D eigenvalue weighted by atomic mass is 16.3. The molecular weight excluding hydrogens is 514 g/mol. The highest BCUT2D eigenvalue weighted by Crippen LogP contribution is 2.53. The molecule has 0 aliphatic heterocycles. The van der Waals surface area contributed by atoms with Gasteiger partial charge in [0.15, 0.2) is 11.4 Å². The normalized spacial score (nSPS) is 24.7. The molecule has 1 amide bonds. The Morgan fingerprint density at radius 3 is 2.35 bits per heavy atom. The molecule has 218 valence electrons. The summed E-state index contributed by atoms with van der Waals surface area (Å²) in [6, 6.07) is 1.61. The van der Waals surface area contributed by atoms with Gasteiger partial charge < -0.3 is 31.1 Å². The minimum Gasteiger partial charge on any atom is -0.508 e. The van der Waals surface area contributed by atoms with Gasteiger partial charge >= 0.3 is 0 Å². The molecule has 1 aromatic rings. The number of hydrogen-bond donors (Lipinski definition) is 5. The lowest BCUT2D eigenvalue weighted by Gasteiger charge is -2.46. The quantitative estimate of drug-likeness (QED) is 0.318. The van der Waals surface area contributed by atoms with Crippen LogP contribution in [0.2, 0.25) is 0 Å². The van der Waals surface area contributed by atoms with Crippen LogP contribution in [0.15, 0.2) is 23.0 Å². The van der Waals surface area contributed by atoms with Crippen LogP contribution in [-0.2, 0) is 27.3 Å². The Morgan fingerprint density at radius 1 is 1.15 bits per heavy atom. The van der Waals surface area contributed by atoms with Crippen molar-refractivity contribution in [2.24, 2.45) is 23.0 Å². The highest BCUT2D eigenvalue weighted by Gasteiger charge is 2.60. The standard InChI is InChI=1S/C30H41N3O7/c1-7-33(9-8-29(2,3)4)14-16-12-19(34)22-18(24(16)32(5)6)11-15-10-17-13-20(35)23(28(31)39)27(38)30(17,40)26(37)21(15)25(22)36/h12,15,17,34,36,38,40H,7-11,13-14H2,1-6H3,(H2,31,39)/t15?,17-,30-/m0/s1. The molecule has 1 saturated carbocycles. The van der Waals surface area contributed by atoms with E-state index in [1.165, 1.54) is 0 Å². The molecule has 0 aromatic heterocycles. The number of carbonyl (C=O) groups excluding carboxylic acids is 3. The molecule has 6 N–H and O–H groups in total. The van der Waals surface area contributed by atoms with Gasteiger partial charge in [-0.2, -0.15) is 0 Å². The molecule has 1 aromatic carbocycles. The average Bonchev–Trinajstić information content (AvgIpc) is 2.82. The summed E-state index contributed by atoms with van der Waals surface area (Å²) in [6.45, 7) is 10.9. The number of nitrogens with zero attached hydrogens (tertiary/aromatic N) is 2. The van der Waals surface area contributed by atoms with Crippen molar-refractivity contribution in [3.63, 3.8) is 0 Å². The van der Waals surface area contributed by atoms with Crippen LogP contribution < -0.4 is 10.6 Å². The van der Waals surface area contributed by atoms with Crippen LogP contribution in [0.4, 0.5) is 5.69 Å². The summed E-state index contributed by atoms with van der Waals surface area (Å²) < 4.78 is 0. The van der Waals surface area contributed by atoms with Crippen LogP contribution in [0, 0.1) is 17.3 Å². The number of fused-ring (bicyclic) bond motifs is 3. The van der Waals surface area contributed by atoms with Crippen molar-refractivity contribution in [1.82, 2.24) is 4.90 Å². The zero-order valence-electron chi connectivity index (χ0n) is 24.2. The van der Waals surface area contributed by atoms with E-state index in [0.717, 1.165) is 30.8 Å². The van der Waals surface area contributed by atoms with E-state index in [4.69, 9.17) is 5.73 Å². The predicted octanol–water partition coefficient (Wildman–Crippen LogP) is 2.75. The second-order valence-corrected chi connectivity index (χ2v) is 12.7. The molecule has 0 radical (unpaired) electrons. The Hall–Kier alpha value is -3.37. The van der Waals surface area contributed by atoms with Crippen LogP contribution in [0.5, 0.6) is 5.75 Å². The van der Waals surface area contributed by atoms with E-state index in [2.05, 4.69) is 32.6 Å². The summed E-state index contributed by atoms with van der Waals surface area (Å²) in [5.41, 5.74) is 4.43. The van der Waals surface area contributed by atoms with Crippen LogP contribution >= 0.6 is 0 Å². The number of aromatic hydroxyl groups is 1. The van der Waals surface area contributed by atoms with E-state index in [9.17, 15) is 34.8 Å². The summed E-state index contributed by atoms with van der Waals surface area (Å²) in [6.07, 6.45) is 1.03. The molecule has 10 heteroatoms. The number of aliphatic hydroxyl groups excluding tert-OH is 2. The van der Waals surface area contributed by atoms with Gasteiger partial charge in [-0.3, -0.25) is 19.3 Å². The molecule has 3 aliphatic rings. The molecule has 4 rings (SSSR count). The van der Waals surface area contributed by atoms with Crippen molar-refractivity contribution in [3.05, 3.63) is 39.7 Å². The number of anilines is 1. The summed E-state index contributed by atoms with van der Waals surface area (Å²) in [4.78, 5) is 42.4. The van der Waals surface area contributed by atoms with Gasteiger partial charge in [-0.15, -0.1) is 0 Å². The predicted molar refractivity (Wildman–Crippen MR) is 151 cm³/mol. The maximum absolute atomic E-state index is 13.7. The van der Waals surface area contributed by atoms with Gasteiger partial charge in [0.2, 0.25) is 5.78 Å². The number of benzene rings is 1. The number of phenolic OH excluding ortho intramolecular Hbond substituents is 1. The number of nitrogens with two attached hydrogens (primary N) is 1. The minimum absolute atomic E-state index is 0.105. The molecular formula is C30H41N3O7. The summed E-state index contributed by atoms with van der Waals surface area (Å²) in [5.74, 6) is -6.26. The first-order chi connectivity index (χ1) is 18.5. The van der Waals surface area contributed by atoms with E-state index in [1.54, 1.807) is 6.07 Å². The van der Waals surface area contributed by atoms with E-state index in [1.807, 2.05) is 19.0 Å². The van der Waals surface area contributed by atoms with Crippen molar-refractivity contribution in [2.75, 3.05) is 32.1 Å². The molecule has 0 spiro atoms. The maximum atomic E-state index is 13.7. The molecule has 0 bridgehead atoms. The summed E-state index contributed by atoms with van der Waals surface area (Å²) in [7, 11) is 3.77. The molecule has 0 heterocycles. The minimum atomic E-state index is -2.57. The van der Waals surface area contributed by atoms with Gasteiger partial charge in [-0.25, -0.2) is 0 Å². The second kappa shape index (κ2) is 10.2. The Labute approximate surface area is 234 Å². The van der Waals surface area contributed by atoms with Gasteiger partial charge in [0.25, 0.3) is 5.91 Å². The Balaban J connectivity index is 1.83. The number of ketones is 2. The van der Waals surface area contributed by atoms with Crippen molar-refractivity contribution < 1.29 is 34.8 Å². The fraction of sp³-hybridized carbons (Fsp3) is 0.567. The number of Topliss-reactive ketones (excluding diaryl/α,β-unsaturated/α-hetero) is 2. The average molecular weight is 556 g/mol. The van der Waals surface area contributed by atoms with Gasteiger partial charge in [-0.05, 0) is 60.9 Å². The Kier molecular flexibility index (Phi) is 7.57. The number of amides is 1. The third kappa shape index (κ3) is 4.77. The van der Waals surface area contributed by atoms with Crippen molar-refractivity contribution in [2.45, 2.75) is 65.5 Å². The van der Waals surface area contributed by atoms with Crippen LogP contribution in [0.1, 0.15) is 63.6 Å². The Morgan fingerprint density at radius 2 is 1.80 bits per heavy atom. The number of carbonyl (C=O) groups is 3. The van der Waals surface area contributed by atoms with Gasteiger partial charge in [-0.1, -0.05) is 27.7 Å². The van der Waals surface area contributed by atoms with E-state index in [0.29, 0.717) is 12.1 Å². The van der Waals surface area contributed by atoms with Gasteiger partial charge in [0, 0.05) is 44.2 Å². The van der Waals surface area contributed by atoms with Gasteiger partial charge in [0.05, 0.1) is 5.56 Å². The largest absolute Gasteiger partial charge is 0.508 e. The molecule has 40 heavy (non-hydrogen) atoms. The lowest BCUT2D eigenvalue weighted by Crippen LogP contribution is -2.58. The van der Waals surface area contributed by atoms with Crippen LogP contribution in [0.25, 0.3) is 5.76 Å². The highest BCUT2D eigenvalue weighted by molar-refractivity contribution is 6.22. The fourth-order valence-electron chi connectivity index (χ4n) is 6.51. The zero-order valence-corrected chi connectivity index (χ0v) is 24.2. The molecule has 10 nitrogen and oxygen atoms in total. The van der Waals surface area contributed by atoms with E-state index < -0.39 is 52.0 Å². The summed E-state index contributed by atoms with van der Waals surface area (Å²) >= 11 is 0. The maximum Gasteiger partial charge on any atom is 0.255 e. The molecule has 3 aliphatic carbocycles. The second-order valence-electron chi connectivity index (χ2n) is 12.7. The number of primary amides is 1. The van der Waals surface area contributed by atoms with Crippen molar-refractivity contribution in [3.8, 4) is 5.75 Å². The molecule has 3 atom stereocenters. The topological polar surface area (TPSA) is 165 Å². The van der Waals surface area contributed by atoms with Crippen molar-refractivity contribution in [1.29, 1.82) is 0 Å². The third-order valence-corrected chi connectivity index (χ3v) is 8.58. The SMILES string of the molecule is CCN(CCC(C)(C)C)Cc1cc(O)c2c(c1N(C)C)CC1C[C@H]3CC(=O)C(C(N)=O)=C(O)[C@@]3(O)C(=O)C1=C2O. The smallest absolute Gasteiger partial charge is 0.255 e. The van der Waals surface area contributed by atoms with Crippen LogP contribution in [-0.4, -0.2) is 75.6 Å². The van der Waals surface area contributed by atoms with Gasteiger partial charge in [0.1, 0.15) is 22.8 Å². The number of aliphatic hydroxyl groups is 3. The zero-order chi connectivity index (χ0) is 29.9. The summed E-state index contributed by atoms with van der Waals surface area (Å²) in [5, 5.41) is 44.7. The van der Waals surface area contributed by atoms with Crippen molar-refractivity contribution >= 4 is 28.9 Å². The monoisotopic (exact) mass is 555 g/mol. The molecule has 1 fully saturated rings. The third-order valence-electron chi connectivity index (χ3n) is 8.58. The molecule has 0 saturated heterocycles. The number of phenols is 1.